The van der Waals surface area contributed by atoms with Crippen LogP contribution in [0.4, 0.5) is 5.13 Å². The van der Waals surface area contributed by atoms with E-state index in [0.29, 0.717) is 33.1 Å². The van der Waals surface area contributed by atoms with Crippen LogP contribution in [0.5, 0.6) is 5.75 Å². The number of aryl methyl sites for hydroxylation is 1. The molecule has 2 rings (SSSR count). The van der Waals surface area contributed by atoms with Gasteiger partial charge in [0.05, 0.1) is 25.3 Å². The molecular weight excluding hydrogens is 376 g/mol. The van der Waals surface area contributed by atoms with Gasteiger partial charge in [0.15, 0.2) is 5.13 Å². The zero-order valence-electron chi connectivity index (χ0n) is 14.9. The van der Waals surface area contributed by atoms with E-state index < -0.39 is 5.97 Å². The highest BCUT2D eigenvalue weighted by molar-refractivity contribution is 7.17. The van der Waals surface area contributed by atoms with E-state index in [4.69, 9.17) is 21.1 Å². The maximum Gasteiger partial charge on any atom is 0.350 e. The Morgan fingerprint density at radius 1 is 1.27 bits per heavy atom. The zero-order chi connectivity index (χ0) is 19.1. The van der Waals surface area contributed by atoms with Crippen LogP contribution in [0.15, 0.2) is 24.3 Å². The molecule has 1 amide bonds. The van der Waals surface area contributed by atoms with Gasteiger partial charge in [-0.15, -0.1) is 0 Å². The van der Waals surface area contributed by atoms with E-state index in [2.05, 4.69) is 10.3 Å². The van der Waals surface area contributed by atoms with Crippen LogP contribution in [0.1, 0.15) is 35.6 Å². The summed E-state index contributed by atoms with van der Waals surface area (Å²) in [6, 6.07) is 6.91. The van der Waals surface area contributed by atoms with Crippen molar-refractivity contribution in [1.82, 2.24) is 4.98 Å². The first-order valence-corrected chi connectivity index (χ1v) is 9.37. The molecule has 0 aliphatic heterocycles. The number of esters is 1. The number of anilines is 1. The first-order chi connectivity index (χ1) is 12.3. The van der Waals surface area contributed by atoms with E-state index in [-0.39, 0.29) is 24.9 Å². The lowest BCUT2D eigenvalue weighted by Crippen LogP contribution is -2.15. The molecule has 1 aromatic heterocycles. The summed E-state index contributed by atoms with van der Waals surface area (Å²) >= 11 is 6.91. The van der Waals surface area contributed by atoms with Gasteiger partial charge in [-0.05, 0) is 37.1 Å². The fourth-order valence-corrected chi connectivity index (χ4v) is 2.92. The number of halogens is 1. The lowest BCUT2D eigenvalue weighted by molar-refractivity contribution is -0.116. The minimum atomic E-state index is -0.416. The number of hydrogen-bond acceptors (Lipinski definition) is 6. The van der Waals surface area contributed by atoms with Gasteiger partial charge in [-0.1, -0.05) is 36.8 Å². The van der Waals surface area contributed by atoms with Crippen LogP contribution in [-0.4, -0.2) is 30.1 Å². The Hall–Kier alpha value is -2.12. The molecule has 0 aliphatic carbocycles. The number of ether oxygens (including phenoxy) is 2. The summed E-state index contributed by atoms with van der Waals surface area (Å²) < 4.78 is 10.7. The standard InChI is InChI=1S/C18H21ClN2O4S/c1-11(2)10-25-17(23)16-12(3)20-18(26-16)21-15(22)8-9-24-14-6-4-13(19)5-7-14/h4-7,11H,8-10H2,1-3H3,(H,20,21,22). The summed E-state index contributed by atoms with van der Waals surface area (Å²) in [4.78, 5) is 28.6. The van der Waals surface area contributed by atoms with E-state index in [0.717, 1.165) is 11.3 Å². The molecule has 0 atom stereocenters. The Balaban J connectivity index is 1.82. The number of nitrogens with one attached hydrogen (secondary N) is 1. The number of amides is 1. The molecule has 0 aliphatic rings. The molecule has 1 aromatic carbocycles. The molecule has 0 saturated heterocycles. The molecule has 0 spiro atoms. The van der Waals surface area contributed by atoms with Gasteiger partial charge < -0.3 is 14.8 Å². The second kappa shape index (κ2) is 9.54. The number of benzene rings is 1. The fourth-order valence-electron chi connectivity index (χ4n) is 1.92. The van der Waals surface area contributed by atoms with Crippen LogP contribution in [0.25, 0.3) is 0 Å². The zero-order valence-corrected chi connectivity index (χ0v) is 16.4. The van der Waals surface area contributed by atoms with Gasteiger partial charge in [0, 0.05) is 5.02 Å². The highest BCUT2D eigenvalue weighted by Gasteiger charge is 2.18. The van der Waals surface area contributed by atoms with Crippen molar-refractivity contribution in [2.45, 2.75) is 27.2 Å². The maximum absolute atomic E-state index is 12.0. The van der Waals surface area contributed by atoms with E-state index in [1.54, 1.807) is 31.2 Å². The maximum atomic E-state index is 12.0. The lowest BCUT2D eigenvalue weighted by Gasteiger charge is -2.06. The molecule has 6 nitrogen and oxygen atoms in total. The Morgan fingerprint density at radius 3 is 2.62 bits per heavy atom. The second-order valence-electron chi connectivity index (χ2n) is 6.03. The minimum Gasteiger partial charge on any atom is -0.493 e. The highest BCUT2D eigenvalue weighted by Crippen LogP contribution is 2.24. The van der Waals surface area contributed by atoms with Crippen LogP contribution < -0.4 is 10.1 Å². The van der Waals surface area contributed by atoms with Gasteiger partial charge in [-0.2, -0.15) is 0 Å². The number of aromatic nitrogens is 1. The molecule has 0 unspecified atom stereocenters. The van der Waals surface area contributed by atoms with Crippen molar-refractivity contribution in [3.63, 3.8) is 0 Å². The molecule has 26 heavy (non-hydrogen) atoms. The van der Waals surface area contributed by atoms with Crippen LogP contribution in [0.3, 0.4) is 0 Å². The smallest absolute Gasteiger partial charge is 0.350 e. The third-order valence-electron chi connectivity index (χ3n) is 3.19. The van der Waals surface area contributed by atoms with Gasteiger partial charge in [0.1, 0.15) is 10.6 Å². The molecule has 2 aromatic rings. The number of nitrogens with zero attached hydrogens (tertiary/aromatic N) is 1. The molecule has 1 heterocycles. The van der Waals surface area contributed by atoms with Crippen LogP contribution in [0.2, 0.25) is 5.02 Å². The summed E-state index contributed by atoms with van der Waals surface area (Å²) in [6.07, 6.45) is 0.161. The van der Waals surface area contributed by atoms with E-state index in [9.17, 15) is 9.59 Å². The largest absolute Gasteiger partial charge is 0.493 e. The Bertz CT molecular complexity index is 759. The van der Waals surface area contributed by atoms with Crippen molar-refractivity contribution in [2.75, 3.05) is 18.5 Å². The first kappa shape index (κ1) is 20.2. The van der Waals surface area contributed by atoms with Gasteiger partial charge in [0.2, 0.25) is 5.91 Å². The predicted molar refractivity (Wildman–Crippen MR) is 102 cm³/mol. The fraction of sp³-hybridized carbons (Fsp3) is 0.389. The van der Waals surface area contributed by atoms with E-state index in [1.165, 1.54) is 0 Å². The molecule has 0 saturated carbocycles. The summed E-state index contributed by atoms with van der Waals surface area (Å²) in [7, 11) is 0. The van der Waals surface area contributed by atoms with Crippen LogP contribution in [-0.2, 0) is 9.53 Å². The number of thiazole rings is 1. The van der Waals surface area contributed by atoms with Crippen molar-refractivity contribution in [2.24, 2.45) is 5.92 Å². The Kier molecular flexibility index (Phi) is 7.41. The summed E-state index contributed by atoms with van der Waals surface area (Å²) in [6.45, 7) is 6.21. The Labute approximate surface area is 161 Å². The van der Waals surface area contributed by atoms with Crippen molar-refractivity contribution in [1.29, 1.82) is 0 Å². The normalized spacial score (nSPS) is 10.7. The molecule has 0 radical (unpaired) electrons. The third-order valence-corrected chi connectivity index (χ3v) is 4.49. The number of hydrogen-bond donors (Lipinski definition) is 1. The molecular formula is C18H21ClN2O4S. The average molecular weight is 397 g/mol. The summed E-state index contributed by atoms with van der Waals surface area (Å²) in [5.74, 6) is 0.240. The van der Waals surface area contributed by atoms with E-state index in [1.807, 2.05) is 13.8 Å². The third kappa shape index (κ3) is 6.31. The highest BCUT2D eigenvalue weighted by atomic mass is 35.5. The summed E-state index contributed by atoms with van der Waals surface area (Å²) in [5.41, 5.74) is 0.538. The average Bonchev–Trinajstić information content (AvgIpc) is 2.94. The number of carbonyl (C=O) groups is 2. The lowest BCUT2D eigenvalue weighted by atomic mass is 10.2. The molecule has 140 valence electrons. The van der Waals surface area contributed by atoms with Crippen molar-refractivity contribution in [3.8, 4) is 5.75 Å². The topological polar surface area (TPSA) is 77.5 Å². The van der Waals surface area contributed by atoms with Gasteiger partial charge >= 0.3 is 5.97 Å². The SMILES string of the molecule is Cc1nc(NC(=O)CCOc2ccc(Cl)cc2)sc1C(=O)OCC(C)C. The number of rotatable bonds is 8. The predicted octanol–water partition coefficient (Wildman–Crippen LogP) is 4.33. The van der Waals surface area contributed by atoms with Crippen LogP contribution >= 0.6 is 22.9 Å². The van der Waals surface area contributed by atoms with Crippen molar-refractivity contribution < 1.29 is 19.1 Å². The van der Waals surface area contributed by atoms with Gasteiger partial charge in [0.25, 0.3) is 0 Å². The van der Waals surface area contributed by atoms with Crippen molar-refractivity contribution in [3.05, 3.63) is 39.9 Å². The van der Waals surface area contributed by atoms with Gasteiger partial charge in [-0.25, -0.2) is 9.78 Å². The van der Waals surface area contributed by atoms with Crippen LogP contribution in [0, 0.1) is 12.8 Å². The second-order valence-corrected chi connectivity index (χ2v) is 7.46. The Morgan fingerprint density at radius 2 is 1.96 bits per heavy atom. The minimum absolute atomic E-state index is 0.161. The number of carbonyl (C=O) groups excluding carboxylic acids is 2. The molecule has 0 bridgehead atoms. The molecule has 0 fully saturated rings. The quantitative estimate of drug-likeness (QED) is 0.672. The van der Waals surface area contributed by atoms with E-state index >= 15 is 0 Å². The van der Waals surface area contributed by atoms with Gasteiger partial charge in [-0.3, -0.25) is 4.79 Å². The van der Waals surface area contributed by atoms with Crippen molar-refractivity contribution >= 4 is 39.9 Å². The molecule has 8 heteroatoms. The first-order valence-electron chi connectivity index (χ1n) is 8.18. The molecule has 1 N–H and O–H groups in total. The summed E-state index contributed by atoms with van der Waals surface area (Å²) in [5, 5.41) is 3.67. The monoisotopic (exact) mass is 396 g/mol.